The zero-order chi connectivity index (χ0) is 12.1. The Morgan fingerprint density at radius 2 is 2.18 bits per heavy atom. The molecular weight excluding hydrogens is 210 g/mol. The summed E-state index contributed by atoms with van der Waals surface area (Å²) < 4.78 is 5.15. The zero-order valence-corrected chi connectivity index (χ0v) is 10.9. The van der Waals surface area contributed by atoms with Gasteiger partial charge >= 0.3 is 0 Å². The highest BCUT2D eigenvalue weighted by molar-refractivity contribution is 5.35. The predicted octanol–water partition coefficient (Wildman–Crippen LogP) is 2.94. The van der Waals surface area contributed by atoms with Gasteiger partial charge in [-0.1, -0.05) is 31.2 Å². The molecule has 1 N–H and O–H groups in total. The number of hydrogen-bond donors (Lipinski definition) is 1. The normalized spacial score (nSPS) is 22.7. The van der Waals surface area contributed by atoms with E-state index in [0.717, 1.165) is 25.5 Å². The van der Waals surface area contributed by atoms with E-state index in [1.165, 1.54) is 24.0 Å². The molecule has 17 heavy (non-hydrogen) atoms. The van der Waals surface area contributed by atoms with Crippen LogP contribution in [0.3, 0.4) is 0 Å². The minimum atomic E-state index is 0.549. The largest absolute Gasteiger partial charge is 0.385 e. The fourth-order valence-corrected chi connectivity index (χ4v) is 2.93. The van der Waals surface area contributed by atoms with Crippen LogP contribution < -0.4 is 5.32 Å². The number of ether oxygens (including phenoxy) is 1. The van der Waals surface area contributed by atoms with E-state index in [9.17, 15) is 0 Å². The lowest BCUT2D eigenvalue weighted by Crippen LogP contribution is -2.25. The van der Waals surface area contributed by atoms with Crippen LogP contribution in [0.25, 0.3) is 0 Å². The summed E-state index contributed by atoms with van der Waals surface area (Å²) in [6.07, 6.45) is 3.63. The van der Waals surface area contributed by atoms with E-state index in [0.29, 0.717) is 6.04 Å². The summed E-state index contributed by atoms with van der Waals surface area (Å²) in [5.74, 6) is 0.738. The molecular formula is C15H23NO. The molecule has 2 rings (SSSR count). The van der Waals surface area contributed by atoms with Crippen molar-refractivity contribution in [1.82, 2.24) is 5.32 Å². The van der Waals surface area contributed by atoms with E-state index in [1.807, 2.05) is 0 Å². The molecule has 2 unspecified atom stereocenters. The first-order valence-electron chi connectivity index (χ1n) is 6.67. The van der Waals surface area contributed by atoms with Gasteiger partial charge in [0.2, 0.25) is 0 Å². The van der Waals surface area contributed by atoms with Gasteiger partial charge in [0.15, 0.2) is 0 Å². The Morgan fingerprint density at radius 3 is 2.94 bits per heavy atom. The molecule has 0 aliphatic heterocycles. The fraction of sp³-hybridized carbons (Fsp3) is 0.600. The van der Waals surface area contributed by atoms with E-state index in [2.05, 4.69) is 36.5 Å². The van der Waals surface area contributed by atoms with Gasteiger partial charge in [-0.25, -0.2) is 0 Å². The first-order chi connectivity index (χ1) is 8.36. The number of rotatable bonds is 6. The third kappa shape index (κ3) is 2.88. The summed E-state index contributed by atoms with van der Waals surface area (Å²) in [4.78, 5) is 0. The number of fused-ring (bicyclic) bond motifs is 1. The lowest BCUT2D eigenvalue weighted by Gasteiger charge is -2.21. The highest BCUT2D eigenvalue weighted by atomic mass is 16.5. The van der Waals surface area contributed by atoms with Gasteiger partial charge in [0.25, 0.3) is 0 Å². The first kappa shape index (κ1) is 12.6. The van der Waals surface area contributed by atoms with Crippen molar-refractivity contribution in [3.63, 3.8) is 0 Å². The third-order valence-corrected chi connectivity index (χ3v) is 3.69. The maximum absolute atomic E-state index is 5.15. The maximum Gasteiger partial charge on any atom is 0.0462 e. The van der Waals surface area contributed by atoms with Crippen LogP contribution in [0.2, 0.25) is 0 Å². The summed E-state index contributed by atoms with van der Waals surface area (Å²) in [5, 5.41) is 3.64. The molecule has 2 nitrogen and oxygen atoms in total. The molecule has 0 fully saturated rings. The van der Waals surface area contributed by atoms with Crippen molar-refractivity contribution in [2.45, 2.75) is 32.2 Å². The van der Waals surface area contributed by atoms with E-state index < -0.39 is 0 Å². The van der Waals surface area contributed by atoms with Crippen molar-refractivity contribution in [2.24, 2.45) is 5.92 Å². The van der Waals surface area contributed by atoms with Crippen molar-refractivity contribution < 1.29 is 4.74 Å². The summed E-state index contributed by atoms with van der Waals surface area (Å²) in [6, 6.07) is 9.41. The quantitative estimate of drug-likeness (QED) is 0.763. The second kappa shape index (κ2) is 6.18. The monoisotopic (exact) mass is 233 g/mol. The summed E-state index contributed by atoms with van der Waals surface area (Å²) in [6.45, 7) is 4.11. The van der Waals surface area contributed by atoms with Crippen LogP contribution in [0.15, 0.2) is 24.3 Å². The molecule has 1 aromatic rings. The third-order valence-electron chi connectivity index (χ3n) is 3.69. The molecule has 2 heteroatoms. The van der Waals surface area contributed by atoms with Crippen LogP contribution in [0, 0.1) is 5.92 Å². The smallest absolute Gasteiger partial charge is 0.0462 e. The molecule has 1 aliphatic rings. The zero-order valence-electron chi connectivity index (χ0n) is 10.9. The van der Waals surface area contributed by atoms with Crippen LogP contribution in [-0.4, -0.2) is 20.3 Å². The van der Waals surface area contributed by atoms with Crippen LogP contribution in [0.4, 0.5) is 0 Å². The molecule has 0 amide bonds. The molecule has 1 aromatic carbocycles. The van der Waals surface area contributed by atoms with E-state index in [1.54, 1.807) is 7.11 Å². The van der Waals surface area contributed by atoms with Crippen LogP contribution in [-0.2, 0) is 11.2 Å². The maximum atomic E-state index is 5.15. The summed E-state index contributed by atoms with van der Waals surface area (Å²) in [7, 11) is 1.78. The molecule has 0 bridgehead atoms. The Bertz CT molecular complexity index is 351. The molecule has 2 atom stereocenters. The molecule has 0 saturated carbocycles. The minimum absolute atomic E-state index is 0.549. The molecule has 0 saturated heterocycles. The van der Waals surface area contributed by atoms with E-state index >= 15 is 0 Å². The van der Waals surface area contributed by atoms with Gasteiger partial charge in [-0.05, 0) is 42.9 Å². The molecule has 0 aromatic heterocycles. The van der Waals surface area contributed by atoms with Crippen molar-refractivity contribution in [2.75, 3.05) is 20.3 Å². The fourth-order valence-electron chi connectivity index (χ4n) is 2.93. The van der Waals surface area contributed by atoms with Crippen LogP contribution in [0.1, 0.15) is 36.9 Å². The van der Waals surface area contributed by atoms with Crippen LogP contribution >= 0.6 is 0 Å². The van der Waals surface area contributed by atoms with Crippen molar-refractivity contribution in [3.8, 4) is 0 Å². The van der Waals surface area contributed by atoms with Gasteiger partial charge in [0.1, 0.15) is 0 Å². The second-order valence-electron chi connectivity index (χ2n) is 4.83. The number of hydrogen-bond acceptors (Lipinski definition) is 2. The number of nitrogens with one attached hydrogen (secondary N) is 1. The van der Waals surface area contributed by atoms with Gasteiger partial charge in [-0.15, -0.1) is 0 Å². The average molecular weight is 233 g/mol. The van der Waals surface area contributed by atoms with Gasteiger partial charge in [0, 0.05) is 19.8 Å². The number of methoxy groups -OCH3 is 1. The lowest BCUT2D eigenvalue weighted by atomic mass is 9.95. The van der Waals surface area contributed by atoms with Gasteiger partial charge < -0.3 is 10.1 Å². The highest BCUT2D eigenvalue weighted by Crippen LogP contribution is 2.38. The Kier molecular flexibility index (Phi) is 4.57. The molecule has 0 spiro atoms. The van der Waals surface area contributed by atoms with Gasteiger partial charge in [0.05, 0.1) is 0 Å². The first-order valence-corrected chi connectivity index (χ1v) is 6.67. The topological polar surface area (TPSA) is 21.3 Å². The summed E-state index contributed by atoms with van der Waals surface area (Å²) in [5.41, 5.74) is 3.04. The lowest BCUT2D eigenvalue weighted by molar-refractivity contribution is 0.183. The number of benzene rings is 1. The van der Waals surface area contributed by atoms with E-state index in [4.69, 9.17) is 4.74 Å². The van der Waals surface area contributed by atoms with Crippen LogP contribution in [0.5, 0.6) is 0 Å². The Morgan fingerprint density at radius 1 is 1.35 bits per heavy atom. The van der Waals surface area contributed by atoms with Gasteiger partial charge in [-0.2, -0.15) is 0 Å². The van der Waals surface area contributed by atoms with Crippen molar-refractivity contribution in [3.05, 3.63) is 35.4 Å². The SMILES string of the molecule is CCNC1c2ccccc2CC1CCCOC. The highest BCUT2D eigenvalue weighted by Gasteiger charge is 2.30. The Labute approximate surface area is 104 Å². The minimum Gasteiger partial charge on any atom is -0.385 e. The second-order valence-corrected chi connectivity index (χ2v) is 4.83. The van der Waals surface area contributed by atoms with E-state index in [-0.39, 0.29) is 0 Å². The molecule has 1 aliphatic carbocycles. The van der Waals surface area contributed by atoms with Crippen molar-refractivity contribution in [1.29, 1.82) is 0 Å². The van der Waals surface area contributed by atoms with Gasteiger partial charge in [-0.3, -0.25) is 0 Å². The predicted molar refractivity (Wildman–Crippen MR) is 71.2 cm³/mol. The Hall–Kier alpha value is -0.860. The molecule has 0 heterocycles. The summed E-state index contributed by atoms with van der Waals surface area (Å²) >= 11 is 0. The molecule has 0 radical (unpaired) electrons. The standard InChI is InChI=1S/C15H23NO/c1-3-16-15-13(8-6-10-17-2)11-12-7-4-5-9-14(12)15/h4-5,7,9,13,15-16H,3,6,8,10-11H2,1-2H3. The molecule has 94 valence electrons. The van der Waals surface area contributed by atoms with Crippen molar-refractivity contribution >= 4 is 0 Å². The Balaban J connectivity index is 2.04. The average Bonchev–Trinajstić information content (AvgIpc) is 2.69.